The van der Waals surface area contributed by atoms with Gasteiger partial charge in [0.25, 0.3) is 17.5 Å². The number of benzene rings is 1. The van der Waals surface area contributed by atoms with Crippen molar-refractivity contribution in [1.82, 2.24) is 9.80 Å². The summed E-state index contributed by atoms with van der Waals surface area (Å²) >= 11 is 0. The van der Waals surface area contributed by atoms with Gasteiger partial charge < -0.3 is 4.90 Å². The molecular weight excluding hydrogens is 354 g/mol. The van der Waals surface area contributed by atoms with Gasteiger partial charge in [-0.25, -0.2) is 0 Å². The number of fused-ring (bicyclic) bond motifs is 1. The van der Waals surface area contributed by atoms with Gasteiger partial charge in [0.05, 0.1) is 16.1 Å². The van der Waals surface area contributed by atoms with Gasteiger partial charge >= 0.3 is 0 Å². The number of carbonyl (C=O) groups is 4. The predicted molar refractivity (Wildman–Crippen MR) is 93.1 cm³/mol. The van der Waals surface area contributed by atoms with E-state index in [-0.39, 0.29) is 34.4 Å². The Morgan fingerprint density at radius 3 is 2.37 bits per heavy atom. The van der Waals surface area contributed by atoms with Crippen LogP contribution >= 0.6 is 0 Å². The highest BCUT2D eigenvalue weighted by Crippen LogP contribution is 2.27. The summed E-state index contributed by atoms with van der Waals surface area (Å²) in [6.07, 6.45) is 1.62. The number of non-ortho nitro benzene ring substituents is 1. The molecule has 3 rings (SSSR count). The molecule has 3 amide bonds. The van der Waals surface area contributed by atoms with Crippen molar-refractivity contribution in [3.63, 3.8) is 0 Å². The van der Waals surface area contributed by atoms with E-state index < -0.39 is 23.3 Å². The van der Waals surface area contributed by atoms with Crippen LogP contribution in [0.5, 0.6) is 0 Å². The molecule has 0 saturated carbocycles. The van der Waals surface area contributed by atoms with Crippen LogP contribution in [0.2, 0.25) is 0 Å². The molecule has 0 bridgehead atoms. The molecule has 27 heavy (non-hydrogen) atoms. The Hall–Kier alpha value is -3.10. The van der Waals surface area contributed by atoms with Crippen molar-refractivity contribution in [2.24, 2.45) is 5.92 Å². The highest BCUT2D eigenvalue weighted by Gasteiger charge is 2.39. The number of nitro groups is 1. The standard InChI is InChI=1S/C18H19N3O6/c1-2-15(22)11-5-7-19(8-6-11)16(23)10-20-17(24)13-4-3-12(21(26)27)9-14(13)18(20)25/h3-4,9,11H,2,5-8,10H2,1H3. The first kappa shape index (κ1) is 18.7. The number of imide groups is 1. The second-order valence-electron chi connectivity index (χ2n) is 6.66. The topological polar surface area (TPSA) is 118 Å². The average Bonchev–Trinajstić information content (AvgIpc) is 2.91. The fourth-order valence-electron chi connectivity index (χ4n) is 3.51. The summed E-state index contributed by atoms with van der Waals surface area (Å²) in [6.45, 7) is 2.22. The van der Waals surface area contributed by atoms with E-state index in [1.165, 1.54) is 6.07 Å². The molecule has 1 aromatic rings. The number of likely N-dealkylation sites (tertiary alicyclic amines) is 1. The van der Waals surface area contributed by atoms with Crippen LogP contribution in [0, 0.1) is 16.0 Å². The monoisotopic (exact) mass is 373 g/mol. The molecule has 1 saturated heterocycles. The minimum Gasteiger partial charge on any atom is -0.341 e. The van der Waals surface area contributed by atoms with Gasteiger partial charge in [0.15, 0.2) is 0 Å². The van der Waals surface area contributed by atoms with Gasteiger partial charge in [-0.2, -0.15) is 0 Å². The number of piperidine rings is 1. The van der Waals surface area contributed by atoms with E-state index in [1.807, 2.05) is 6.92 Å². The molecule has 0 unspecified atom stereocenters. The van der Waals surface area contributed by atoms with E-state index in [4.69, 9.17) is 0 Å². The van der Waals surface area contributed by atoms with Crippen molar-refractivity contribution in [2.45, 2.75) is 26.2 Å². The van der Waals surface area contributed by atoms with Gasteiger partial charge in [0.2, 0.25) is 5.91 Å². The van der Waals surface area contributed by atoms with Gasteiger partial charge in [0.1, 0.15) is 12.3 Å². The summed E-state index contributed by atoms with van der Waals surface area (Å²) in [7, 11) is 0. The molecule has 0 N–H and O–H groups in total. The number of amides is 3. The smallest absolute Gasteiger partial charge is 0.270 e. The summed E-state index contributed by atoms with van der Waals surface area (Å²) in [5, 5.41) is 10.9. The third kappa shape index (κ3) is 3.44. The largest absolute Gasteiger partial charge is 0.341 e. The molecule has 1 aromatic carbocycles. The molecule has 2 heterocycles. The summed E-state index contributed by atoms with van der Waals surface area (Å²) < 4.78 is 0. The molecule has 0 aliphatic carbocycles. The number of nitrogens with zero attached hydrogens (tertiary/aromatic N) is 3. The Kier molecular flexibility index (Phi) is 5.02. The van der Waals surface area contributed by atoms with E-state index in [9.17, 15) is 29.3 Å². The van der Waals surface area contributed by atoms with E-state index in [0.29, 0.717) is 32.4 Å². The molecule has 0 aromatic heterocycles. The first-order valence-corrected chi connectivity index (χ1v) is 8.78. The maximum Gasteiger partial charge on any atom is 0.270 e. The average molecular weight is 373 g/mol. The summed E-state index contributed by atoms with van der Waals surface area (Å²) in [4.78, 5) is 61.7. The molecule has 0 atom stereocenters. The van der Waals surface area contributed by atoms with Crippen molar-refractivity contribution in [3.05, 3.63) is 39.4 Å². The van der Waals surface area contributed by atoms with Crippen molar-refractivity contribution in [1.29, 1.82) is 0 Å². The maximum absolute atomic E-state index is 12.5. The van der Waals surface area contributed by atoms with E-state index in [0.717, 1.165) is 17.0 Å². The third-order valence-electron chi connectivity index (χ3n) is 5.11. The van der Waals surface area contributed by atoms with Crippen molar-refractivity contribution in [3.8, 4) is 0 Å². The lowest BCUT2D eigenvalue weighted by Gasteiger charge is -2.32. The van der Waals surface area contributed by atoms with Gasteiger partial charge in [-0.15, -0.1) is 0 Å². The second-order valence-corrected chi connectivity index (χ2v) is 6.66. The molecule has 9 nitrogen and oxygen atoms in total. The lowest BCUT2D eigenvalue weighted by Crippen LogP contribution is -2.46. The Bertz CT molecular complexity index is 841. The Morgan fingerprint density at radius 2 is 1.78 bits per heavy atom. The second kappa shape index (κ2) is 7.26. The predicted octanol–water partition coefficient (Wildman–Crippen LogP) is 1.41. The van der Waals surface area contributed by atoms with Crippen molar-refractivity contribution in [2.75, 3.05) is 19.6 Å². The first-order chi connectivity index (χ1) is 12.8. The number of hydrogen-bond donors (Lipinski definition) is 0. The van der Waals surface area contributed by atoms with Crippen LogP contribution < -0.4 is 0 Å². The molecule has 0 radical (unpaired) electrons. The van der Waals surface area contributed by atoms with Crippen LogP contribution in [0.25, 0.3) is 0 Å². The zero-order valence-electron chi connectivity index (χ0n) is 14.8. The number of rotatable bonds is 5. The zero-order chi connectivity index (χ0) is 19.7. The normalized spacial score (nSPS) is 17.2. The third-order valence-corrected chi connectivity index (χ3v) is 5.11. The van der Waals surface area contributed by atoms with Crippen LogP contribution in [0.15, 0.2) is 18.2 Å². The van der Waals surface area contributed by atoms with Gasteiger partial charge in [-0.3, -0.25) is 34.2 Å². The number of nitro benzene ring substituents is 1. The molecule has 1 fully saturated rings. The van der Waals surface area contributed by atoms with Crippen molar-refractivity contribution >= 4 is 29.2 Å². The Labute approximate surface area is 155 Å². The first-order valence-electron chi connectivity index (χ1n) is 8.78. The molecular formula is C18H19N3O6. The van der Waals surface area contributed by atoms with Crippen LogP contribution in [-0.4, -0.2) is 57.9 Å². The zero-order valence-corrected chi connectivity index (χ0v) is 14.8. The SMILES string of the molecule is CCC(=O)C1CCN(C(=O)CN2C(=O)c3ccc([N+](=O)[O-])cc3C2=O)CC1. The van der Waals surface area contributed by atoms with Gasteiger partial charge in [-0.05, 0) is 18.9 Å². The minimum atomic E-state index is -0.705. The maximum atomic E-state index is 12.5. The number of hydrogen-bond acceptors (Lipinski definition) is 6. The minimum absolute atomic E-state index is 0.0427. The number of Topliss-reactive ketones (excluding diaryl/α,β-unsaturated/α-hetero) is 1. The van der Waals surface area contributed by atoms with E-state index in [2.05, 4.69) is 0 Å². The lowest BCUT2D eigenvalue weighted by atomic mass is 9.91. The highest BCUT2D eigenvalue weighted by atomic mass is 16.6. The van der Waals surface area contributed by atoms with Crippen LogP contribution in [-0.2, 0) is 9.59 Å². The fraction of sp³-hybridized carbons (Fsp3) is 0.444. The van der Waals surface area contributed by atoms with E-state index >= 15 is 0 Å². The molecule has 9 heteroatoms. The van der Waals surface area contributed by atoms with Crippen molar-refractivity contribution < 1.29 is 24.1 Å². The fourth-order valence-corrected chi connectivity index (χ4v) is 3.51. The highest BCUT2D eigenvalue weighted by molar-refractivity contribution is 6.22. The summed E-state index contributed by atoms with van der Waals surface area (Å²) in [6, 6.07) is 3.45. The van der Waals surface area contributed by atoms with Crippen LogP contribution in [0.4, 0.5) is 5.69 Å². The summed E-state index contributed by atoms with van der Waals surface area (Å²) in [5.41, 5.74) is -0.286. The number of carbonyl (C=O) groups excluding carboxylic acids is 4. The van der Waals surface area contributed by atoms with Gasteiger partial charge in [0, 0.05) is 37.6 Å². The molecule has 0 spiro atoms. The lowest BCUT2D eigenvalue weighted by molar-refractivity contribution is -0.384. The Balaban J connectivity index is 1.67. The molecule has 142 valence electrons. The quantitative estimate of drug-likeness (QED) is 0.437. The molecule has 2 aliphatic rings. The summed E-state index contributed by atoms with van der Waals surface area (Å²) in [5.74, 6) is -1.57. The van der Waals surface area contributed by atoms with Gasteiger partial charge in [-0.1, -0.05) is 6.92 Å². The van der Waals surface area contributed by atoms with Crippen LogP contribution in [0.3, 0.4) is 0 Å². The van der Waals surface area contributed by atoms with E-state index in [1.54, 1.807) is 4.90 Å². The van der Waals surface area contributed by atoms with Crippen LogP contribution in [0.1, 0.15) is 46.9 Å². The Morgan fingerprint density at radius 1 is 1.15 bits per heavy atom. The molecule has 2 aliphatic heterocycles. The number of ketones is 1.